The average Bonchev–Trinajstić information content (AvgIpc) is 2.45. The van der Waals surface area contributed by atoms with Crippen molar-refractivity contribution in [3.8, 4) is 0 Å². The Morgan fingerprint density at radius 2 is 1.95 bits per heavy atom. The van der Waals surface area contributed by atoms with Crippen molar-refractivity contribution in [1.82, 2.24) is 4.90 Å². The van der Waals surface area contributed by atoms with Gasteiger partial charge in [0.05, 0.1) is 6.61 Å². The van der Waals surface area contributed by atoms with Gasteiger partial charge < -0.3 is 4.74 Å². The summed E-state index contributed by atoms with van der Waals surface area (Å²) in [4.78, 5) is 37.1. The van der Waals surface area contributed by atoms with E-state index in [2.05, 4.69) is 0 Å². The minimum Gasteiger partial charge on any atom is -0.465 e. The van der Waals surface area contributed by atoms with Crippen LogP contribution >= 0.6 is 0 Å². The van der Waals surface area contributed by atoms with E-state index in [0.717, 1.165) is 4.90 Å². The molecule has 1 heterocycles. The lowest BCUT2D eigenvalue weighted by Gasteiger charge is -2.33. The lowest BCUT2D eigenvalue weighted by atomic mass is 9.79. The van der Waals surface area contributed by atoms with Gasteiger partial charge in [0, 0.05) is 19.4 Å². The maximum absolute atomic E-state index is 13.0. The van der Waals surface area contributed by atoms with E-state index in [-0.39, 0.29) is 18.9 Å². The summed E-state index contributed by atoms with van der Waals surface area (Å²) in [5.74, 6) is -3.72. The summed E-state index contributed by atoms with van der Waals surface area (Å²) >= 11 is 0. The fraction of sp³-hybridized carbons (Fsp3) is 0.400. The van der Waals surface area contributed by atoms with Crippen molar-refractivity contribution in [1.29, 1.82) is 0 Å². The van der Waals surface area contributed by atoms with Crippen LogP contribution in [-0.2, 0) is 19.1 Å². The van der Waals surface area contributed by atoms with Crippen molar-refractivity contribution in [3.63, 3.8) is 0 Å². The maximum Gasteiger partial charge on any atom is 0.319 e. The number of amides is 2. The third-order valence-corrected chi connectivity index (χ3v) is 3.61. The minimum absolute atomic E-state index is 0.0113. The lowest BCUT2D eigenvalue weighted by molar-refractivity contribution is -0.162. The van der Waals surface area contributed by atoms with E-state index in [1.807, 2.05) is 0 Å². The van der Waals surface area contributed by atoms with Gasteiger partial charge in [0.1, 0.15) is 11.7 Å². The van der Waals surface area contributed by atoms with E-state index in [1.54, 1.807) is 6.92 Å². The average molecular weight is 293 g/mol. The Morgan fingerprint density at radius 3 is 2.52 bits per heavy atom. The Hall–Kier alpha value is -2.24. The third kappa shape index (κ3) is 2.94. The summed E-state index contributed by atoms with van der Waals surface area (Å²) in [5, 5.41) is 0. The Bertz CT molecular complexity index is 570. The molecule has 1 saturated heterocycles. The molecule has 0 N–H and O–H groups in total. The highest BCUT2D eigenvalue weighted by Crippen LogP contribution is 2.35. The van der Waals surface area contributed by atoms with Crippen molar-refractivity contribution >= 4 is 17.8 Å². The van der Waals surface area contributed by atoms with Crippen LogP contribution in [0.25, 0.3) is 0 Å². The van der Waals surface area contributed by atoms with Crippen LogP contribution in [0, 0.1) is 11.7 Å². The normalized spacial score (nSPS) is 22.3. The summed E-state index contributed by atoms with van der Waals surface area (Å²) in [6, 6.07) is 5.45. The Morgan fingerprint density at radius 1 is 1.33 bits per heavy atom. The molecular weight excluding hydrogens is 277 g/mol. The second kappa shape index (κ2) is 6.03. The van der Waals surface area contributed by atoms with Gasteiger partial charge in [-0.05, 0) is 24.6 Å². The molecule has 0 spiro atoms. The van der Waals surface area contributed by atoms with Crippen molar-refractivity contribution in [2.24, 2.45) is 5.92 Å². The van der Waals surface area contributed by atoms with E-state index < -0.39 is 29.5 Å². The van der Waals surface area contributed by atoms with Gasteiger partial charge in [-0.3, -0.25) is 19.3 Å². The maximum atomic E-state index is 13.0. The van der Waals surface area contributed by atoms with E-state index in [4.69, 9.17) is 4.74 Å². The van der Waals surface area contributed by atoms with Crippen LogP contribution in [0.3, 0.4) is 0 Å². The summed E-state index contributed by atoms with van der Waals surface area (Å²) < 4.78 is 18.0. The van der Waals surface area contributed by atoms with Gasteiger partial charge in [0.2, 0.25) is 11.8 Å². The first kappa shape index (κ1) is 15.2. The molecule has 0 radical (unpaired) electrons. The number of rotatable bonds is 3. The molecule has 0 bridgehead atoms. The number of hydrogen-bond donors (Lipinski definition) is 0. The number of carbonyl (C=O) groups is 3. The molecule has 6 heteroatoms. The predicted octanol–water partition coefficient (Wildman–Crippen LogP) is 1.48. The second-order valence-corrected chi connectivity index (χ2v) is 4.88. The van der Waals surface area contributed by atoms with Gasteiger partial charge in [-0.1, -0.05) is 12.1 Å². The number of hydrogen-bond acceptors (Lipinski definition) is 4. The second-order valence-electron chi connectivity index (χ2n) is 4.88. The van der Waals surface area contributed by atoms with Crippen molar-refractivity contribution < 1.29 is 23.5 Å². The van der Waals surface area contributed by atoms with Gasteiger partial charge in [0.15, 0.2) is 0 Å². The predicted molar refractivity (Wildman–Crippen MR) is 71.7 cm³/mol. The van der Waals surface area contributed by atoms with Crippen LogP contribution in [0.15, 0.2) is 24.3 Å². The lowest BCUT2D eigenvalue weighted by Crippen LogP contribution is -2.49. The summed E-state index contributed by atoms with van der Waals surface area (Å²) in [7, 11) is 1.35. The smallest absolute Gasteiger partial charge is 0.319 e. The van der Waals surface area contributed by atoms with E-state index in [0.29, 0.717) is 5.56 Å². The molecule has 2 atom stereocenters. The molecule has 1 aromatic rings. The molecule has 1 aliphatic rings. The van der Waals surface area contributed by atoms with Crippen LogP contribution in [0.2, 0.25) is 0 Å². The molecule has 0 saturated carbocycles. The van der Waals surface area contributed by atoms with Gasteiger partial charge in [-0.15, -0.1) is 0 Å². The summed E-state index contributed by atoms with van der Waals surface area (Å²) in [6.45, 7) is 1.80. The number of piperidine rings is 1. The SMILES string of the molecule is CCOC(=O)[C@@H]1C(=O)N(C)C(=O)C[C@@H]1c1ccc(F)cc1. The fourth-order valence-electron chi connectivity index (χ4n) is 2.46. The fourth-order valence-corrected chi connectivity index (χ4v) is 2.46. The van der Waals surface area contributed by atoms with E-state index in [1.165, 1.54) is 31.3 Å². The van der Waals surface area contributed by atoms with Gasteiger partial charge in [-0.2, -0.15) is 0 Å². The molecule has 1 aliphatic heterocycles. The zero-order valence-electron chi connectivity index (χ0n) is 11.8. The van der Waals surface area contributed by atoms with Crippen LogP contribution in [-0.4, -0.2) is 36.3 Å². The molecule has 0 unspecified atom stereocenters. The first-order valence-corrected chi connectivity index (χ1v) is 6.68. The zero-order chi connectivity index (χ0) is 15.6. The molecule has 0 aromatic heterocycles. The molecule has 1 aromatic carbocycles. The number of benzene rings is 1. The van der Waals surface area contributed by atoms with Crippen molar-refractivity contribution in [3.05, 3.63) is 35.6 Å². The van der Waals surface area contributed by atoms with Gasteiger partial charge >= 0.3 is 5.97 Å². The summed E-state index contributed by atoms with van der Waals surface area (Å²) in [6.07, 6.45) is 0.0113. The number of ether oxygens (including phenoxy) is 1. The molecule has 1 fully saturated rings. The van der Waals surface area contributed by atoms with Crippen LogP contribution < -0.4 is 0 Å². The zero-order valence-corrected chi connectivity index (χ0v) is 11.8. The molecule has 112 valence electrons. The molecule has 2 amide bonds. The third-order valence-electron chi connectivity index (χ3n) is 3.61. The highest BCUT2D eigenvalue weighted by molar-refractivity contribution is 6.08. The first-order valence-electron chi connectivity index (χ1n) is 6.68. The van der Waals surface area contributed by atoms with Crippen LogP contribution in [0.4, 0.5) is 4.39 Å². The quantitative estimate of drug-likeness (QED) is 0.481. The highest BCUT2D eigenvalue weighted by atomic mass is 19.1. The van der Waals surface area contributed by atoms with Crippen LogP contribution in [0.5, 0.6) is 0 Å². The highest BCUT2D eigenvalue weighted by Gasteiger charge is 2.45. The number of halogens is 1. The number of nitrogens with zero attached hydrogens (tertiary/aromatic N) is 1. The van der Waals surface area contributed by atoms with Crippen LogP contribution in [0.1, 0.15) is 24.8 Å². The Balaban J connectivity index is 2.38. The first-order chi connectivity index (χ1) is 9.95. The molecule has 5 nitrogen and oxygen atoms in total. The van der Waals surface area contributed by atoms with E-state index in [9.17, 15) is 18.8 Å². The number of imide groups is 1. The van der Waals surface area contributed by atoms with Gasteiger partial charge in [-0.25, -0.2) is 4.39 Å². The number of esters is 1. The summed E-state index contributed by atoms with van der Waals surface area (Å²) in [5.41, 5.74) is 0.573. The topological polar surface area (TPSA) is 63.7 Å². The number of likely N-dealkylation sites (tertiary alicyclic amines) is 1. The van der Waals surface area contributed by atoms with Crippen molar-refractivity contribution in [2.75, 3.05) is 13.7 Å². The van der Waals surface area contributed by atoms with Crippen molar-refractivity contribution in [2.45, 2.75) is 19.3 Å². The molecule has 21 heavy (non-hydrogen) atoms. The number of carbonyl (C=O) groups excluding carboxylic acids is 3. The van der Waals surface area contributed by atoms with E-state index >= 15 is 0 Å². The minimum atomic E-state index is -1.07. The Labute approximate surface area is 121 Å². The molecule has 0 aliphatic carbocycles. The molecular formula is C15H16FNO4. The van der Waals surface area contributed by atoms with Gasteiger partial charge in [0.25, 0.3) is 0 Å². The largest absolute Gasteiger partial charge is 0.465 e. The monoisotopic (exact) mass is 293 g/mol. The molecule has 2 rings (SSSR count). The Kier molecular flexibility index (Phi) is 4.35. The standard InChI is InChI=1S/C15H16FNO4/c1-3-21-15(20)13-11(8-12(18)17(2)14(13)19)9-4-6-10(16)7-5-9/h4-7,11,13H,3,8H2,1-2H3/t11-,13+/m1/s1.